The van der Waals surface area contributed by atoms with Crippen molar-refractivity contribution < 1.29 is 0 Å². The van der Waals surface area contributed by atoms with Crippen LogP contribution >= 0.6 is 43.2 Å². The van der Waals surface area contributed by atoms with Crippen LogP contribution in [0.2, 0.25) is 0 Å². The van der Waals surface area contributed by atoms with Crippen LogP contribution in [0.15, 0.2) is 69.4 Å². The van der Waals surface area contributed by atoms with Crippen molar-refractivity contribution in [1.29, 1.82) is 0 Å². The van der Waals surface area contributed by atoms with Gasteiger partial charge in [0.25, 0.3) is 0 Å². The minimum Gasteiger partial charge on any atom is -0.355 e. The highest BCUT2D eigenvalue weighted by atomic mass is 79.9. The van der Waals surface area contributed by atoms with Gasteiger partial charge in [-0.1, -0.05) is 74.6 Å². The summed E-state index contributed by atoms with van der Waals surface area (Å²) in [4.78, 5) is 1.30. The minimum atomic E-state index is 0.784. The molecule has 1 aliphatic carbocycles. The Labute approximate surface area is 186 Å². The summed E-state index contributed by atoms with van der Waals surface area (Å²) in [5.41, 5.74) is 6.65. The van der Waals surface area contributed by atoms with Crippen molar-refractivity contribution in [1.82, 2.24) is 0 Å². The van der Waals surface area contributed by atoms with Gasteiger partial charge >= 0.3 is 0 Å². The Hall–Kier alpha value is -2.06. The Morgan fingerprint density at radius 1 is 1.04 bits per heavy atom. The predicted octanol–water partition coefficient (Wildman–Crippen LogP) is 7.99. The summed E-state index contributed by atoms with van der Waals surface area (Å²) in [6, 6.07) is 14.5. The first-order valence-corrected chi connectivity index (χ1v) is 11.3. The standard InChI is InChI=1S/C24H17Br2NS/c1-16(17-12-18(25)14-19(26)13-17)27-23-10-7-6-8-20(23)22-15-28-24-11-5-3-2-4-9-21(22)24/h5-8,10-15,27H,1,3,9H2/b11-5-. The summed E-state index contributed by atoms with van der Waals surface area (Å²) >= 11 is 8.88. The van der Waals surface area contributed by atoms with E-state index in [9.17, 15) is 0 Å². The summed E-state index contributed by atoms with van der Waals surface area (Å²) in [5.74, 6) is 6.50. The number of hydrogen-bond donors (Lipinski definition) is 1. The summed E-state index contributed by atoms with van der Waals surface area (Å²) in [6.45, 7) is 4.26. The second-order valence-corrected chi connectivity index (χ2v) is 9.18. The van der Waals surface area contributed by atoms with Gasteiger partial charge < -0.3 is 5.32 Å². The zero-order valence-corrected chi connectivity index (χ0v) is 19.0. The van der Waals surface area contributed by atoms with E-state index in [0.717, 1.165) is 38.7 Å². The van der Waals surface area contributed by atoms with Crippen molar-refractivity contribution in [2.75, 3.05) is 5.32 Å². The Kier molecular flexibility index (Phi) is 5.87. The molecule has 4 heteroatoms. The molecule has 1 nitrogen and oxygen atoms in total. The van der Waals surface area contributed by atoms with Crippen LogP contribution in [-0.4, -0.2) is 0 Å². The van der Waals surface area contributed by atoms with E-state index < -0.39 is 0 Å². The number of rotatable bonds is 4. The maximum Gasteiger partial charge on any atom is 0.0464 e. The number of fused-ring (bicyclic) bond motifs is 1. The quantitative estimate of drug-likeness (QED) is 0.350. The highest BCUT2D eigenvalue weighted by Crippen LogP contribution is 2.38. The zero-order chi connectivity index (χ0) is 19.5. The number of benzene rings is 2. The fourth-order valence-electron chi connectivity index (χ4n) is 3.18. The van der Waals surface area contributed by atoms with E-state index in [4.69, 9.17) is 0 Å². The van der Waals surface area contributed by atoms with Crippen LogP contribution in [0.4, 0.5) is 5.69 Å². The molecule has 1 N–H and O–H groups in total. The molecule has 0 bridgehead atoms. The SMILES string of the molecule is C=C(Nc1ccccc1-c1csc2c1CC#CC/C=C\2)c1cc(Br)cc(Br)c1. The lowest BCUT2D eigenvalue weighted by atomic mass is 9.98. The second-order valence-electron chi connectivity index (χ2n) is 6.44. The number of thiophene rings is 1. The summed E-state index contributed by atoms with van der Waals surface area (Å²) < 4.78 is 2.02. The number of hydrogen-bond acceptors (Lipinski definition) is 2. The van der Waals surface area contributed by atoms with E-state index in [-0.39, 0.29) is 0 Å². The van der Waals surface area contributed by atoms with Crippen LogP contribution in [0.3, 0.4) is 0 Å². The average Bonchev–Trinajstić information content (AvgIpc) is 3.02. The lowest BCUT2D eigenvalue weighted by molar-refractivity contribution is 1.32. The minimum absolute atomic E-state index is 0.784. The molecule has 0 radical (unpaired) electrons. The molecule has 4 rings (SSSR count). The first-order valence-electron chi connectivity index (χ1n) is 8.86. The van der Waals surface area contributed by atoms with Gasteiger partial charge in [-0.05, 0) is 52.4 Å². The van der Waals surface area contributed by atoms with Crippen LogP contribution in [0.25, 0.3) is 22.9 Å². The number of allylic oxidation sites excluding steroid dienone is 1. The van der Waals surface area contributed by atoms with E-state index in [2.05, 4.69) is 103 Å². The van der Waals surface area contributed by atoms with Crippen LogP contribution in [-0.2, 0) is 6.42 Å². The molecule has 0 unspecified atom stereocenters. The Bertz CT molecular complexity index is 1120. The van der Waals surface area contributed by atoms with Gasteiger partial charge in [0, 0.05) is 43.6 Å². The molecular formula is C24H17Br2NS. The lowest BCUT2D eigenvalue weighted by Crippen LogP contribution is -2.00. The number of halogens is 2. The molecule has 0 atom stereocenters. The molecule has 1 aromatic heterocycles. The van der Waals surface area contributed by atoms with E-state index >= 15 is 0 Å². The van der Waals surface area contributed by atoms with Gasteiger partial charge in [0.05, 0.1) is 0 Å². The second kappa shape index (κ2) is 8.53. The van der Waals surface area contributed by atoms with Gasteiger partial charge in [0.1, 0.15) is 0 Å². The first kappa shape index (κ1) is 19.3. The molecule has 0 amide bonds. The van der Waals surface area contributed by atoms with Crippen LogP contribution in [0, 0.1) is 11.8 Å². The number of para-hydroxylation sites is 1. The van der Waals surface area contributed by atoms with Gasteiger partial charge in [0.2, 0.25) is 0 Å². The largest absolute Gasteiger partial charge is 0.355 e. The molecule has 0 saturated carbocycles. The van der Waals surface area contributed by atoms with Crippen molar-refractivity contribution in [3.63, 3.8) is 0 Å². The molecule has 1 aliphatic rings. The van der Waals surface area contributed by atoms with Crippen molar-refractivity contribution in [3.05, 3.63) is 85.4 Å². The molecule has 0 aliphatic heterocycles. The van der Waals surface area contributed by atoms with Crippen molar-refractivity contribution >= 4 is 60.7 Å². The summed E-state index contributed by atoms with van der Waals surface area (Å²) in [7, 11) is 0. The molecule has 0 saturated heterocycles. The number of nitrogens with one attached hydrogen (secondary N) is 1. The Morgan fingerprint density at radius 2 is 1.82 bits per heavy atom. The summed E-state index contributed by atoms with van der Waals surface area (Å²) in [6.07, 6.45) is 5.95. The molecule has 1 heterocycles. The molecule has 3 aromatic rings. The van der Waals surface area contributed by atoms with Gasteiger partial charge in [-0.3, -0.25) is 0 Å². The van der Waals surface area contributed by atoms with Gasteiger partial charge in [0.15, 0.2) is 0 Å². The molecule has 2 aromatic carbocycles. The van der Waals surface area contributed by atoms with E-state index in [1.807, 2.05) is 12.1 Å². The third-order valence-corrected chi connectivity index (χ3v) is 6.43. The Morgan fingerprint density at radius 3 is 2.64 bits per heavy atom. The third-order valence-electron chi connectivity index (χ3n) is 4.52. The molecule has 138 valence electrons. The molecular weight excluding hydrogens is 494 g/mol. The first-order chi connectivity index (χ1) is 13.6. The van der Waals surface area contributed by atoms with Gasteiger partial charge in [-0.25, -0.2) is 0 Å². The van der Waals surface area contributed by atoms with E-state index in [1.165, 1.54) is 21.6 Å². The Balaban J connectivity index is 1.71. The molecule has 0 spiro atoms. The van der Waals surface area contributed by atoms with E-state index in [1.54, 1.807) is 11.3 Å². The summed E-state index contributed by atoms with van der Waals surface area (Å²) in [5, 5.41) is 5.76. The fraction of sp³-hybridized carbons (Fsp3) is 0.0833. The highest BCUT2D eigenvalue weighted by molar-refractivity contribution is 9.11. The zero-order valence-electron chi connectivity index (χ0n) is 15.1. The van der Waals surface area contributed by atoms with Gasteiger partial charge in [-0.15, -0.1) is 11.3 Å². The van der Waals surface area contributed by atoms with Crippen LogP contribution < -0.4 is 5.32 Å². The van der Waals surface area contributed by atoms with Crippen molar-refractivity contribution in [2.24, 2.45) is 0 Å². The lowest BCUT2D eigenvalue weighted by Gasteiger charge is -2.15. The van der Waals surface area contributed by atoms with Crippen LogP contribution in [0.1, 0.15) is 22.4 Å². The van der Waals surface area contributed by atoms with Crippen LogP contribution in [0.5, 0.6) is 0 Å². The van der Waals surface area contributed by atoms with Crippen molar-refractivity contribution in [3.8, 4) is 23.0 Å². The van der Waals surface area contributed by atoms with Gasteiger partial charge in [-0.2, -0.15) is 0 Å². The normalized spacial score (nSPS) is 13.5. The topological polar surface area (TPSA) is 12.0 Å². The maximum absolute atomic E-state index is 4.26. The predicted molar refractivity (Wildman–Crippen MR) is 129 cm³/mol. The third kappa shape index (κ3) is 4.17. The van der Waals surface area contributed by atoms with E-state index in [0.29, 0.717) is 0 Å². The number of anilines is 1. The fourth-order valence-corrected chi connectivity index (χ4v) is 5.49. The van der Waals surface area contributed by atoms with Crippen molar-refractivity contribution in [2.45, 2.75) is 12.8 Å². The highest BCUT2D eigenvalue weighted by Gasteiger charge is 2.15. The molecule has 28 heavy (non-hydrogen) atoms. The average molecular weight is 511 g/mol. The smallest absolute Gasteiger partial charge is 0.0464 e. The molecule has 0 fully saturated rings. The maximum atomic E-state index is 4.26. The monoisotopic (exact) mass is 509 g/mol.